The number of rotatable bonds is 8. The topological polar surface area (TPSA) is 114 Å². The van der Waals surface area contributed by atoms with Crippen molar-refractivity contribution in [3.05, 3.63) is 60.4 Å². The van der Waals surface area contributed by atoms with Gasteiger partial charge in [0, 0.05) is 35.6 Å². The van der Waals surface area contributed by atoms with Gasteiger partial charge in [-0.25, -0.2) is 4.98 Å². The lowest BCUT2D eigenvalue weighted by molar-refractivity contribution is -0.117. The van der Waals surface area contributed by atoms with Crippen LogP contribution in [0.5, 0.6) is 17.2 Å². The third-order valence-corrected chi connectivity index (χ3v) is 4.97. The molecule has 4 rings (SSSR count). The summed E-state index contributed by atoms with van der Waals surface area (Å²) in [5.41, 5.74) is 7.85. The molecule has 9 heteroatoms. The predicted molar refractivity (Wildman–Crippen MR) is 121 cm³/mol. The average molecular weight is 433 g/mol. The number of carbonyl (C=O) groups excluding carboxylic acids is 1. The SMILES string of the molecule is COc1cc(Nc2nccc(-n3cc(CC(N)=O)c4ccccc43)n2)cc(OC)c1OC. The van der Waals surface area contributed by atoms with Gasteiger partial charge < -0.3 is 29.8 Å². The first kappa shape index (κ1) is 21.0. The predicted octanol–water partition coefficient (Wildman–Crippen LogP) is 3.22. The third kappa shape index (κ3) is 4.00. The number of benzene rings is 2. The standard InChI is InChI=1S/C23H23N5O4/c1-30-18-11-15(12-19(31-2)22(18)32-3)26-23-25-9-8-21(27-23)28-13-14(10-20(24)29)16-6-4-5-7-17(16)28/h4-9,11-13H,10H2,1-3H3,(H2,24,29)(H,25,26,27). The molecule has 3 N–H and O–H groups in total. The maximum Gasteiger partial charge on any atom is 0.229 e. The second-order valence-electron chi connectivity index (χ2n) is 6.96. The van der Waals surface area contributed by atoms with Crippen molar-refractivity contribution in [1.29, 1.82) is 0 Å². The lowest BCUT2D eigenvalue weighted by Gasteiger charge is -2.15. The molecule has 0 radical (unpaired) electrons. The van der Waals surface area contributed by atoms with Gasteiger partial charge in [0.05, 0.1) is 33.3 Å². The number of amides is 1. The fraction of sp³-hybridized carbons (Fsp3) is 0.174. The van der Waals surface area contributed by atoms with E-state index in [-0.39, 0.29) is 12.3 Å². The molecule has 9 nitrogen and oxygen atoms in total. The Morgan fingerprint density at radius 3 is 2.44 bits per heavy atom. The number of fused-ring (bicyclic) bond motifs is 1. The van der Waals surface area contributed by atoms with Crippen LogP contribution in [0.4, 0.5) is 11.6 Å². The number of anilines is 2. The van der Waals surface area contributed by atoms with Crippen molar-refractivity contribution in [3.8, 4) is 23.1 Å². The highest BCUT2D eigenvalue weighted by atomic mass is 16.5. The molecular weight excluding hydrogens is 410 g/mol. The second-order valence-corrected chi connectivity index (χ2v) is 6.96. The number of primary amides is 1. The highest BCUT2D eigenvalue weighted by molar-refractivity contribution is 5.89. The summed E-state index contributed by atoms with van der Waals surface area (Å²) < 4.78 is 18.1. The summed E-state index contributed by atoms with van der Waals surface area (Å²) in [6.07, 6.45) is 3.68. The van der Waals surface area contributed by atoms with Crippen molar-refractivity contribution in [2.24, 2.45) is 5.73 Å². The molecule has 0 saturated heterocycles. The zero-order chi connectivity index (χ0) is 22.7. The van der Waals surface area contributed by atoms with E-state index in [0.717, 1.165) is 16.5 Å². The van der Waals surface area contributed by atoms with E-state index in [1.807, 2.05) is 35.0 Å². The van der Waals surface area contributed by atoms with Crippen molar-refractivity contribution in [3.63, 3.8) is 0 Å². The van der Waals surface area contributed by atoms with E-state index in [1.165, 1.54) is 0 Å². The van der Waals surface area contributed by atoms with E-state index in [0.29, 0.717) is 34.7 Å². The molecule has 0 spiro atoms. The number of carbonyl (C=O) groups is 1. The summed E-state index contributed by atoms with van der Waals surface area (Å²) >= 11 is 0. The molecule has 0 fully saturated rings. The molecule has 1 amide bonds. The van der Waals surface area contributed by atoms with Gasteiger partial charge in [-0.15, -0.1) is 0 Å². The molecule has 0 aliphatic rings. The highest BCUT2D eigenvalue weighted by Gasteiger charge is 2.15. The first-order valence-electron chi connectivity index (χ1n) is 9.81. The van der Waals surface area contributed by atoms with Crippen LogP contribution in [-0.4, -0.2) is 41.8 Å². The quantitative estimate of drug-likeness (QED) is 0.439. The molecule has 0 bridgehead atoms. The molecule has 2 heterocycles. The first-order chi connectivity index (χ1) is 15.5. The molecule has 32 heavy (non-hydrogen) atoms. The molecule has 2 aromatic carbocycles. The summed E-state index contributed by atoms with van der Waals surface area (Å²) in [5, 5.41) is 4.12. The van der Waals surface area contributed by atoms with Crippen LogP contribution in [0.15, 0.2) is 54.9 Å². The molecule has 0 atom stereocenters. The van der Waals surface area contributed by atoms with Gasteiger partial charge in [0.2, 0.25) is 17.6 Å². The highest BCUT2D eigenvalue weighted by Crippen LogP contribution is 2.40. The first-order valence-corrected chi connectivity index (χ1v) is 9.81. The molecule has 164 valence electrons. The smallest absolute Gasteiger partial charge is 0.229 e. The van der Waals surface area contributed by atoms with Crippen LogP contribution < -0.4 is 25.3 Å². The van der Waals surface area contributed by atoms with Crippen LogP contribution in [-0.2, 0) is 11.2 Å². The van der Waals surface area contributed by atoms with Gasteiger partial charge in [-0.1, -0.05) is 18.2 Å². The number of nitrogens with two attached hydrogens (primary N) is 1. The van der Waals surface area contributed by atoms with E-state index in [1.54, 1.807) is 45.7 Å². The summed E-state index contributed by atoms with van der Waals surface area (Å²) in [6, 6.07) is 13.1. The van der Waals surface area contributed by atoms with Crippen LogP contribution in [0.2, 0.25) is 0 Å². The number of nitrogens with zero attached hydrogens (tertiary/aromatic N) is 3. The van der Waals surface area contributed by atoms with E-state index >= 15 is 0 Å². The van der Waals surface area contributed by atoms with Gasteiger partial charge in [-0.3, -0.25) is 4.79 Å². The van der Waals surface area contributed by atoms with E-state index in [9.17, 15) is 4.79 Å². The molecule has 0 saturated carbocycles. The Morgan fingerprint density at radius 1 is 1.06 bits per heavy atom. The third-order valence-electron chi connectivity index (χ3n) is 4.97. The van der Waals surface area contributed by atoms with Gasteiger partial charge in [0.25, 0.3) is 0 Å². The number of aromatic nitrogens is 3. The van der Waals surface area contributed by atoms with Gasteiger partial charge in [-0.2, -0.15) is 4.98 Å². The maximum atomic E-state index is 11.5. The minimum Gasteiger partial charge on any atom is -0.493 e. The number of ether oxygens (including phenoxy) is 3. The second kappa shape index (κ2) is 8.84. The van der Waals surface area contributed by atoms with Crippen molar-refractivity contribution < 1.29 is 19.0 Å². The normalized spacial score (nSPS) is 10.7. The molecule has 0 aliphatic carbocycles. The monoisotopic (exact) mass is 433 g/mol. The summed E-state index contributed by atoms with van der Waals surface area (Å²) in [4.78, 5) is 20.5. The number of methoxy groups -OCH3 is 3. The Morgan fingerprint density at radius 2 is 1.78 bits per heavy atom. The van der Waals surface area contributed by atoms with E-state index < -0.39 is 0 Å². The van der Waals surface area contributed by atoms with Gasteiger partial charge in [-0.05, 0) is 17.7 Å². The van der Waals surface area contributed by atoms with Gasteiger partial charge >= 0.3 is 0 Å². The Bertz CT molecular complexity index is 1260. The Labute approximate surface area is 184 Å². The van der Waals surface area contributed by atoms with Crippen LogP contribution in [0.25, 0.3) is 16.7 Å². The molecular formula is C23H23N5O4. The van der Waals surface area contributed by atoms with Crippen molar-refractivity contribution >= 4 is 28.4 Å². The van der Waals surface area contributed by atoms with Crippen LogP contribution in [0.1, 0.15) is 5.56 Å². The number of nitrogens with one attached hydrogen (secondary N) is 1. The van der Waals surface area contributed by atoms with Crippen molar-refractivity contribution in [1.82, 2.24) is 14.5 Å². The van der Waals surface area contributed by atoms with Gasteiger partial charge in [0.15, 0.2) is 11.5 Å². The van der Waals surface area contributed by atoms with E-state index in [4.69, 9.17) is 19.9 Å². The lowest BCUT2D eigenvalue weighted by Crippen LogP contribution is -2.13. The molecule has 0 unspecified atom stereocenters. The Kier molecular flexibility index (Phi) is 5.80. The zero-order valence-electron chi connectivity index (χ0n) is 18.0. The zero-order valence-corrected chi connectivity index (χ0v) is 18.0. The molecule has 0 aliphatic heterocycles. The summed E-state index contributed by atoms with van der Waals surface area (Å²) in [6.45, 7) is 0. The number of hydrogen-bond acceptors (Lipinski definition) is 7. The fourth-order valence-electron chi connectivity index (χ4n) is 3.59. The Hall–Kier alpha value is -4.27. The number of hydrogen-bond donors (Lipinski definition) is 2. The maximum absolute atomic E-state index is 11.5. The van der Waals surface area contributed by atoms with Crippen LogP contribution in [0, 0.1) is 0 Å². The summed E-state index contributed by atoms with van der Waals surface area (Å²) in [7, 11) is 4.66. The van der Waals surface area contributed by atoms with Crippen molar-refractivity contribution in [2.75, 3.05) is 26.6 Å². The molecule has 4 aromatic rings. The summed E-state index contributed by atoms with van der Waals surface area (Å²) in [5.74, 6) is 2.15. The Balaban J connectivity index is 1.72. The minimum absolute atomic E-state index is 0.148. The van der Waals surface area contributed by atoms with E-state index in [2.05, 4.69) is 15.3 Å². The minimum atomic E-state index is -0.389. The average Bonchev–Trinajstić information content (AvgIpc) is 3.16. The van der Waals surface area contributed by atoms with Gasteiger partial charge in [0.1, 0.15) is 5.82 Å². The van der Waals surface area contributed by atoms with Crippen molar-refractivity contribution in [2.45, 2.75) is 6.42 Å². The largest absolute Gasteiger partial charge is 0.493 e. The fourth-order valence-corrected chi connectivity index (χ4v) is 3.59. The van der Waals surface area contributed by atoms with Crippen LogP contribution >= 0.6 is 0 Å². The number of para-hydroxylation sites is 1. The lowest BCUT2D eigenvalue weighted by atomic mass is 10.1. The van der Waals surface area contributed by atoms with Crippen LogP contribution in [0.3, 0.4) is 0 Å². The molecule has 2 aromatic heterocycles.